The topological polar surface area (TPSA) is 59.0 Å². The second-order valence-electron chi connectivity index (χ2n) is 7.38. The van der Waals surface area contributed by atoms with Gasteiger partial charge in [-0.05, 0) is 64.1 Å². The number of aromatic nitrogens is 2. The second-order valence-corrected chi connectivity index (χ2v) is 7.38. The van der Waals surface area contributed by atoms with E-state index in [0.29, 0.717) is 11.7 Å². The first-order valence-electron chi connectivity index (χ1n) is 9.34. The number of hydrogen-bond acceptors (Lipinski definition) is 3. The molecule has 6 heteroatoms. The standard InChI is InChI=1S/C20H26N4O.ClH/c1-13-6-3-4-8-17(13)24-18-9-5-7-16(18)19(23-24)20(25)22-15-10-11-21-14(2)12-15;/h3-4,6,8,14-15,21H,5,7,9-12H2,1-2H3,(H,22,25);1H. The van der Waals surface area contributed by atoms with Crippen LogP contribution in [0.1, 0.15) is 53.5 Å². The van der Waals surface area contributed by atoms with Crippen molar-refractivity contribution in [1.29, 1.82) is 0 Å². The summed E-state index contributed by atoms with van der Waals surface area (Å²) in [4.78, 5) is 12.9. The van der Waals surface area contributed by atoms with Crippen LogP contribution in [0.3, 0.4) is 0 Å². The molecule has 0 spiro atoms. The molecule has 0 saturated carbocycles. The van der Waals surface area contributed by atoms with Gasteiger partial charge in [-0.2, -0.15) is 5.10 Å². The molecular formula is C20H27ClN4O. The average Bonchev–Trinajstić information content (AvgIpc) is 3.18. The van der Waals surface area contributed by atoms with E-state index in [1.165, 1.54) is 11.3 Å². The lowest BCUT2D eigenvalue weighted by molar-refractivity contribution is 0.0919. The van der Waals surface area contributed by atoms with Crippen LogP contribution in [0.15, 0.2) is 24.3 Å². The number of benzene rings is 1. The van der Waals surface area contributed by atoms with Gasteiger partial charge in [0, 0.05) is 23.3 Å². The van der Waals surface area contributed by atoms with E-state index in [9.17, 15) is 4.79 Å². The number of para-hydroxylation sites is 1. The van der Waals surface area contributed by atoms with Gasteiger partial charge in [-0.25, -0.2) is 4.68 Å². The maximum absolute atomic E-state index is 12.9. The molecule has 1 amide bonds. The molecule has 2 unspecified atom stereocenters. The summed E-state index contributed by atoms with van der Waals surface area (Å²) in [6.45, 7) is 5.22. The van der Waals surface area contributed by atoms with Crippen molar-refractivity contribution in [2.24, 2.45) is 0 Å². The van der Waals surface area contributed by atoms with Crippen molar-refractivity contribution in [3.63, 3.8) is 0 Å². The first kappa shape index (κ1) is 18.9. The summed E-state index contributed by atoms with van der Waals surface area (Å²) in [7, 11) is 0. The molecule has 1 aliphatic carbocycles. The van der Waals surface area contributed by atoms with Crippen LogP contribution in [-0.4, -0.2) is 34.3 Å². The summed E-state index contributed by atoms with van der Waals surface area (Å²) in [6, 6.07) is 8.93. The second kappa shape index (κ2) is 7.80. The first-order valence-corrected chi connectivity index (χ1v) is 9.34. The van der Waals surface area contributed by atoms with Gasteiger partial charge in [0.1, 0.15) is 0 Å². The zero-order valence-electron chi connectivity index (χ0n) is 15.4. The van der Waals surface area contributed by atoms with Gasteiger partial charge in [-0.3, -0.25) is 4.79 Å². The molecule has 2 atom stereocenters. The fourth-order valence-corrected chi connectivity index (χ4v) is 4.14. The fraction of sp³-hybridized carbons (Fsp3) is 0.500. The molecule has 2 heterocycles. The highest BCUT2D eigenvalue weighted by molar-refractivity contribution is 5.94. The number of hydrogen-bond donors (Lipinski definition) is 2. The van der Waals surface area contributed by atoms with Crippen LogP contribution in [0.2, 0.25) is 0 Å². The molecule has 1 aromatic heterocycles. The lowest BCUT2D eigenvalue weighted by atomic mass is 10.0. The Morgan fingerprint density at radius 1 is 1.31 bits per heavy atom. The Hall–Kier alpha value is -1.85. The van der Waals surface area contributed by atoms with E-state index in [1.54, 1.807) is 0 Å². The Morgan fingerprint density at radius 2 is 2.12 bits per heavy atom. The minimum atomic E-state index is -0.00964. The maximum atomic E-state index is 12.9. The number of carbonyl (C=O) groups excluding carboxylic acids is 1. The van der Waals surface area contributed by atoms with E-state index in [2.05, 4.69) is 36.6 Å². The van der Waals surface area contributed by atoms with Gasteiger partial charge in [-0.1, -0.05) is 18.2 Å². The minimum Gasteiger partial charge on any atom is -0.348 e. The third-order valence-electron chi connectivity index (χ3n) is 5.45. The monoisotopic (exact) mass is 374 g/mol. The average molecular weight is 375 g/mol. The fourth-order valence-electron chi connectivity index (χ4n) is 4.14. The molecule has 5 nitrogen and oxygen atoms in total. The van der Waals surface area contributed by atoms with Gasteiger partial charge < -0.3 is 10.6 Å². The number of nitrogens with zero attached hydrogens (tertiary/aromatic N) is 2. The van der Waals surface area contributed by atoms with Crippen LogP contribution in [0.25, 0.3) is 5.69 Å². The summed E-state index contributed by atoms with van der Waals surface area (Å²) >= 11 is 0. The molecule has 2 N–H and O–H groups in total. The lowest BCUT2D eigenvalue weighted by Gasteiger charge is -2.28. The number of aryl methyl sites for hydroxylation is 1. The minimum absolute atomic E-state index is 0. The molecule has 1 aromatic carbocycles. The van der Waals surface area contributed by atoms with Crippen LogP contribution in [0, 0.1) is 6.92 Å². The highest BCUT2D eigenvalue weighted by Gasteiger charge is 2.29. The Labute approximate surface area is 161 Å². The van der Waals surface area contributed by atoms with Crippen molar-refractivity contribution in [1.82, 2.24) is 20.4 Å². The number of amides is 1. The summed E-state index contributed by atoms with van der Waals surface area (Å²) < 4.78 is 2.00. The zero-order valence-corrected chi connectivity index (χ0v) is 16.2. The molecule has 2 aromatic rings. The molecule has 26 heavy (non-hydrogen) atoms. The van der Waals surface area contributed by atoms with Crippen molar-refractivity contribution >= 4 is 18.3 Å². The normalized spacial score (nSPS) is 21.8. The highest BCUT2D eigenvalue weighted by atomic mass is 35.5. The van der Waals surface area contributed by atoms with Crippen LogP contribution in [-0.2, 0) is 12.8 Å². The lowest BCUT2D eigenvalue weighted by Crippen LogP contribution is -2.46. The van der Waals surface area contributed by atoms with Gasteiger partial charge in [0.25, 0.3) is 5.91 Å². The Kier molecular flexibility index (Phi) is 5.68. The number of nitrogens with one attached hydrogen (secondary N) is 2. The Bertz CT molecular complexity index is 801. The largest absolute Gasteiger partial charge is 0.348 e. The van der Waals surface area contributed by atoms with Crippen LogP contribution >= 0.6 is 12.4 Å². The predicted molar refractivity (Wildman–Crippen MR) is 106 cm³/mol. The van der Waals surface area contributed by atoms with E-state index in [0.717, 1.165) is 49.9 Å². The number of halogens is 1. The number of carbonyl (C=O) groups is 1. The van der Waals surface area contributed by atoms with Crippen molar-refractivity contribution in [3.05, 3.63) is 46.8 Å². The van der Waals surface area contributed by atoms with Crippen molar-refractivity contribution in [2.75, 3.05) is 6.54 Å². The van der Waals surface area contributed by atoms with E-state index in [4.69, 9.17) is 5.10 Å². The van der Waals surface area contributed by atoms with Crippen LogP contribution < -0.4 is 10.6 Å². The van der Waals surface area contributed by atoms with Gasteiger partial charge in [0.05, 0.1) is 5.69 Å². The summed E-state index contributed by atoms with van der Waals surface area (Å²) in [5.41, 5.74) is 5.23. The van der Waals surface area contributed by atoms with E-state index in [-0.39, 0.29) is 24.4 Å². The quantitative estimate of drug-likeness (QED) is 0.868. The SMILES string of the molecule is Cc1ccccc1-n1nc(C(=O)NC2CCNC(C)C2)c2c1CCC2.Cl. The van der Waals surface area contributed by atoms with Crippen LogP contribution in [0.5, 0.6) is 0 Å². The van der Waals surface area contributed by atoms with Crippen molar-refractivity contribution in [2.45, 2.75) is 58.0 Å². The summed E-state index contributed by atoms with van der Waals surface area (Å²) in [6.07, 6.45) is 5.01. The molecule has 0 bridgehead atoms. The smallest absolute Gasteiger partial charge is 0.272 e. The molecule has 140 valence electrons. The molecular weight excluding hydrogens is 348 g/mol. The van der Waals surface area contributed by atoms with Gasteiger partial charge in [0.2, 0.25) is 0 Å². The van der Waals surface area contributed by atoms with Gasteiger partial charge in [0.15, 0.2) is 5.69 Å². The van der Waals surface area contributed by atoms with Crippen molar-refractivity contribution in [3.8, 4) is 5.69 Å². The van der Waals surface area contributed by atoms with E-state index >= 15 is 0 Å². The predicted octanol–water partition coefficient (Wildman–Crippen LogP) is 2.96. The molecule has 1 saturated heterocycles. The molecule has 4 rings (SSSR count). The van der Waals surface area contributed by atoms with E-state index in [1.807, 2.05) is 16.8 Å². The Balaban J connectivity index is 0.00000196. The summed E-state index contributed by atoms with van der Waals surface area (Å²) in [5.74, 6) is -0.00964. The third kappa shape index (κ3) is 3.51. The Morgan fingerprint density at radius 3 is 2.88 bits per heavy atom. The summed E-state index contributed by atoms with van der Waals surface area (Å²) in [5, 5.41) is 11.4. The maximum Gasteiger partial charge on any atom is 0.272 e. The molecule has 0 radical (unpaired) electrons. The molecule has 1 aliphatic heterocycles. The van der Waals surface area contributed by atoms with E-state index < -0.39 is 0 Å². The zero-order chi connectivity index (χ0) is 17.4. The first-order chi connectivity index (χ1) is 12.1. The third-order valence-corrected chi connectivity index (χ3v) is 5.45. The molecule has 2 aliphatic rings. The number of rotatable bonds is 3. The molecule has 1 fully saturated rings. The highest BCUT2D eigenvalue weighted by Crippen LogP contribution is 2.29. The van der Waals surface area contributed by atoms with Gasteiger partial charge in [-0.15, -0.1) is 12.4 Å². The number of piperidine rings is 1. The van der Waals surface area contributed by atoms with Gasteiger partial charge >= 0.3 is 0 Å². The van der Waals surface area contributed by atoms with Crippen LogP contribution in [0.4, 0.5) is 0 Å². The van der Waals surface area contributed by atoms with Crippen molar-refractivity contribution < 1.29 is 4.79 Å². The number of fused-ring (bicyclic) bond motifs is 1.